The predicted octanol–water partition coefficient (Wildman–Crippen LogP) is 6.31. The number of hydrogen-bond donors (Lipinski definition) is 1. The lowest BCUT2D eigenvalue weighted by molar-refractivity contribution is 0.0734. The van der Waals surface area contributed by atoms with Gasteiger partial charge in [0.1, 0.15) is 4.88 Å². The van der Waals surface area contributed by atoms with E-state index in [2.05, 4.69) is 26.5 Å². The molecule has 0 atom stereocenters. The Hall–Kier alpha value is -3.20. The number of fused-ring (bicyclic) bond motifs is 1. The van der Waals surface area contributed by atoms with Crippen molar-refractivity contribution in [1.29, 1.82) is 0 Å². The van der Waals surface area contributed by atoms with Crippen molar-refractivity contribution in [3.8, 4) is 11.5 Å². The lowest BCUT2D eigenvalue weighted by atomic mass is 10.2. The third-order valence-electron chi connectivity index (χ3n) is 4.58. The molecule has 0 aliphatic heterocycles. The van der Waals surface area contributed by atoms with Crippen molar-refractivity contribution in [3.05, 3.63) is 92.2 Å². The molecular formula is C24H16BrClN2O4S. The van der Waals surface area contributed by atoms with Gasteiger partial charge in [-0.25, -0.2) is 10.2 Å². The monoisotopic (exact) mass is 542 g/mol. The van der Waals surface area contributed by atoms with Crippen molar-refractivity contribution < 1.29 is 19.1 Å². The van der Waals surface area contributed by atoms with Crippen LogP contribution in [0.2, 0.25) is 5.02 Å². The van der Waals surface area contributed by atoms with Crippen LogP contribution in [0.3, 0.4) is 0 Å². The number of thiophene rings is 1. The van der Waals surface area contributed by atoms with E-state index in [1.54, 1.807) is 36.4 Å². The first kappa shape index (κ1) is 23.0. The number of halogens is 2. The van der Waals surface area contributed by atoms with E-state index in [0.29, 0.717) is 26.8 Å². The second-order valence-corrected chi connectivity index (χ2v) is 9.10. The van der Waals surface area contributed by atoms with Crippen LogP contribution >= 0.6 is 38.9 Å². The molecule has 0 aliphatic rings. The SMILES string of the molecule is COc1cc(/C=N\NC(=O)c2cccc(Br)c2)ccc1OC(=O)c1sc2ccccc2c1Cl. The molecule has 1 amide bonds. The first-order chi connectivity index (χ1) is 16.0. The molecule has 1 aromatic heterocycles. The Morgan fingerprint density at radius 3 is 2.64 bits per heavy atom. The van der Waals surface area contributed by atoms with Gasteiger partial charge in [-0.1, -0.05) is 51.8 Å². The van der Waals surface area contributed by atoms with E-state index in [0.717, 1.165) is 14.6 Å². The molecule has 0 radical (unpaired) electrons. The summed E-state index contributed by atoms with van der Waals surface area (Å²) >= 11 is 11.0. The highest BCUT2D eigenvalue weighted by atomic mass is 79.9. The van der Waals surface area contributed by atoms with Crippen LogP contribution in [-0.2, 0) is 0 Å². The third kappa shape index (κ3) is 5.24. The Morgan fingerprint density at radius 2 is 1.88 bits per heavy atom. The number of carbonyl (C=O) groups is 2. The summed E-state index contributed by atoms with van der Waals surface area (Å²) in [5.41, 5.74) is 3.58. The molecule has 0 unspecified atom stereocenters. The average Bonchev–Trinajstić information content (AvgIpc) is 3.16. The summed E-state index contributed by atoms with van der Waals surface area (Å²) in [6.07, 6.45) is 1.47. The van der Waals surface area contributed by atoms with Crippen LogP contribution in [0.5, 0.6) is 11.5 Å². The van der Waals surface area contributed by atoms with E-state index in [9.17, 15) is 9.59 Å². The fourth-order valence-corrected chi connectivity index (χ4v) is 4.78. The Kier molecular flexibility index (Phi) is 7.08. The summed E-state index contributed by atoms with van der Waals surface area (Å²) in [5.74, 6) is -0.332. The maximum absolute atomic E-state index is 12.7. The van der Waals surface area contributed by atoms with E-state index >= 15 is 0 Å². The smallest absolute Gasteiger partial charge is 0.355 e. The zero-order chi connectivity index (χ0) is 23.4. The van der Waals surface area contributed by atoms with Crippen LogP contribution in [0.25, 0.3) is 10.1 Å². The second-order valence-electron chi connectivity index (χ2n) is 6.75. The number of benzene rings is 3. The molecule has 0 aliphatic carbocycles. The molecule has 0 fully saturated rings. The van der Waals surface area contributed by atoms with Gasteiger partial charge in [0, 0.05) is 20.1 Å². The number of rotatable bonds is 6. The zero-order valence-corrected chi connectivity index (χ0v) is 20.3. The lowest BCUT2D eigenvalue weighted by Gasteiger charge is -2.09. The number of nitrogens with zero attached hydrogens (tertiary/aromatic N) is 1. The number of amides is 1. The van der Waals surface area contributed by atoms with Crippen LogP contribution in [0.1, 0.15) is 25.6 Å². The fraction of sp³-hybridized carbons (Fsp3) is 0.0417. The van der Waals surface area contributed by atoms with Crippen molar-refractivity contribution >= 4 is 67.0 Å². The minimum atomic E-state index is -0.567. The molecule has 166 valence electrons. The average molecular weight is 544 g/mol. The summed E-state index contributed by atoms with van der Waals surface area (Å²) in [7, 11) is 1.47. The molecule has 4 aromatic rings. The van der Waals surface area contributed by atoms with Gasteiger partial charge in [-0.2, -0.15) is 5.10 Å². The summed E-state index contributed by atoms with van der Waals surface area (Å²) in [5, 5.41) is 5.15. The van der Waals surface area contributed by atoms with Gasteiger partial charge in [0.2, 0.25) is 0 Å². The Bertz CT molecular complexity index is 1390. The number of carbonyl (C=O) groups excluding carboxylic acids is 2. The number of hydrazone groups is 1. The fourth-order valence-electron chi connectivity index (χ4n) is 3.00. The standard InChI is InChI=1S/C24H16BrClN2O4S/c1-31-19-11-14(13-27-28-23(29)15-5-4-6-16(25)12-15)9-10-18(19)32-24(30)22-21(26)17-7-2-3-8-20(17)33-22/h2-13H,1H3,(H,28,29)/b27-13-. The molecule has 1 N–H and O–H groups in total. The third-order valence-corrected chi connectivity index (χ3v) is 6.73. The van der Waals surface area contributed by atoms with Gasteiger partial charge in [-0.05, 0) is 48.0 Å². The summed E-state index contributed by atoms with van der Waals surface area (Å²) < 4.78 is 12.6. The number of methoxy groups -OCH3 is 1. The van der Waals surface area contributed by atoms with Gasteiger partial charge >= 0.3 is 5.97 Å². The Labute approximate surface area is 206 Å². The predicted molar refractivity (Wildman–Crippen MR) is 134 cm³/mol. The number of esters is 1. The minimum absolute atomic E-state index is 0.242. The van der Waals surface area contributed by atoms with Crippen molar-refractivity contribution in [3.63, 3.8) is 0 Å². The Morgan fingerprint density at radius 1 is 1.06 bits per heavy atom. The molecule has 3 aromatic carbocycles. The quantitative estimate of drug-likeness (QED) is 0.134. The van der Waals surface area contributed by atoms with Gasteiger partial charge in [-0.3, -0.25) is 4.79 Å². The van der Waals surface area contributed by atoms with E-state index in [-0.39, 0.29) is 11.7 Å². The topological polar surface area (TPSA) is 77.0 Å². The maximum atomic E-state index is 12.7. The maximum Gasteiger partial charge on any atom is 0.355 e. The second kappa shape index (κ2) is 10.2. The van der Waals surface area contributed by atoms with Gasteiger partial charge in [0.05, 0.1) is 18.3 Å². The highest BCUT2D eigenvalue weighted by molar-refractivity contribution is 9.10. The zero-order valence-electron chi connectivity index (χ0n) is 17.2. The van der Waals surface area contributed by atoms with Gasteiger partial charge in [-0.15, -0.1) is 11.3 Å². The van der Waals surface area contributed by atoms with Crippen LogP contribution in [0.4, 0.5) is 0 Å². The molecule has 9 heteroatoms. The molecule has 1 heterocycles. The van der Waals surface area contributed by atoms with Crippen LogP contribution in [0.15, 0.2) is 76.3 Å². The van der Waals surface area contributed by atoms with Crippen LogP contribution in [-0.4, -0.2) is 25.2 Å². The van der Waals surface area contributed by atoms with E-state index in [4.69, 9.17) is 21.1 Å². The highest BCUT2D eigenvalue weighted by Crippen LogP contribution is 2.37. The molecule has 6 nitrogen and oxygen atoms in total. The normalized spacial score (nSPS) is 11.0. The van der Waals surface area contributed by atoms with Crippen molar-refractivity contribution in [1.82, 2.24) is 5.43 Å². The van der Waals surface area contributed by atoms with Crippen molar-refractivity contribution in [2.75, 3.05) is 7.11 Å². The van der Waals surface area contributed by atoms with Gasteiger partial charge in [0.25, 0.3) is 5.91 Å². The molecule has 0 bridgehead atoms. The van der Waals surface area contributed by atoms with E-state index < -0.39 is 5.97 Å². The molecule has 0 saturated carbocycles. The van der Waals surface area contributed by atoms with Gasteiger partial charge < -0.3 is 9.47 Å². The number of ether oxygens (including phenoxy) is 2. The first-order valence-corrected chi connectivity index (χ1v) is 11.6. The summed E-state index contributed by atoms with van der Waals surface area (Å²) in [6, 6.07) is 19.4. The number of nitrogens with one attached hydrogen (secondary N) is 1. The van der Waals surface area contributed by atoms with E-state index in [1.807, 2.05) is 30.3 Å². The largest absolute Gasteiger partial charge is 0.493 e. The van der Waals surface area contributed by atoms with Crippen LogP contribution < -0.4 is 14.9 Å². The highest BCUT2D eigenvalue weighted by Gasteiger charge is 2.20. The molecular weight excluding hydrogens is 528 g/mol. The Balaban J connectivity index is 1.47. The minimum Gasteiger partial charge on any atom is -0.493 e. The first-order valence-electron chi connectivity index (χ1n) is 9.62. The van der Waals surface area contributed by atoms with Crippen molar-refractivity contribution in [2.24, 2.45) is 5.10 Å². The lowest BCUT2D eigenvalue weighted by Crippen LogP contribution is -2.17. The van der Waals surface area contributed by atoms with Crippen molar-refractivity contribution in [2.45, 2.75) is 0 Å². The molecule has 0 spiro atoms. The molecule has 0 saturated heterocycles. The van der Waals surface area contributed by atoms with Crippen LogP contribution in [0, 0.1) is 0 Å². The number of hydrogen-bond acceptors (Lipinski definition) is 6. The van der Waals surface area contributed by atoms with Gasteiger partial charge in [0.15, 0.2) is 11.5 Å². The van der Waals surface area contributed by atoms with E-state index in [1.165, 1.54) is 24.7 Å². The summed E-state index contributed by atoms with van der Waals surface area (Å²) in [6.45, 7) is 0. The molecule has 4 rings (SSSR count). The molecule has 33 heavy (non-hydrogen) atoms. The summed E-state index contributed by atoms with van der Waals surface area (Å²) in [4.78, 5) is 25.2.